The zero-order valence-corrected chi connectivity index (χ0v) is 24.6. The van der Waals surface area contributed by atoms with Gasteiger partial charge in [0, 0.05) is 55.6 Å². The van der Waals surface area contributed by atoms with Crippen molar-refractivity contribution >= 4 is 27.2 Å². The summed E-state index contributed by atoms with van der Waals surface area (Å²) < 4.78 is 28.8. The molecule has 9 nitrogen and oxygen atoms in total. The maximum absolute atomic E-state index is 13.4. The molecule has 1 fully saturated rings. The zero-order valence-electron chi connectivity index (χ0n) is 23.8. The van der Waals surface area contributed by atoms with Gasteiger partial charge in [-0.2, -0.15) is 0 Å². The number of para-hydroxylation sites is 1. The molecule has 4 aromatic rings. The molecule has 0 spiro atoms. The van der Waals surface area contributed by atoms with E-state index in [1.54, 1.807) is 30.5 Å². The summed E-state index contributed by atoms with van der Waals surface area (Å²) in [5, 5.41) is 3.02. The Kier molecular flexibility index (Phi) is 9.14. The van der Waals surface area contributed by atoms with Crippen LogP contribution in [-0.4, -0.2) is 54.7 Å². The molecule has 0 bridgehead atoms. The second-order valence-electron chi connectivity index (χ2n) is 10.7. The lowest BCUT2D eigenvalue weighted by Crippen LogP contribution is -2.49. The quantitative estimate of drug-likeness (QED) is 0.264. The number of hydrogen-bond donors (Lipinski definition) is 1. The third-order valence-electron chi connectivity index (χ3n) is 7.12. The fourth-order valence-corrected chi connectivity index (χ4v) is 5.84. The van der Waals surface area contributed by atoms with Crippen LogP contribution in [0.4, 0.5) is 16.2 Å². The molecule has 2 aromatic heterocycles. The van der Waals surface area contributed by atoms with Crippen LogP contribution in [0, 0.1) is 6.92 Å². The van der Waals surface area contributed by atoms with Crippen molar-refractivity contribution in [2.75, 3.05) is 29.6 Å². The first-order chi connectivity index (χ1) is 20.2. The van der Waals surface area contributed by atoms with E-state index < -0.39 is 9.84 Å². The van der Waals surface area contributed by atoms with Crippen LogP contribution in [0.5, 0.6) is 11.6 Å². The smallest absolute Gasteiger partial charge is 0.326 e. The highest BCUT2D eigenvalue weighted by molar-refractivity contribution is 7.89. The van der Waals surface area contributed by atoms with E-state index in [0.717, 1.165) is 49.4 Å². The van der Waals surface area contributed by atoms with Crippen molar-refractivity contribution in [3.05, 3.63) is 108 Å². The Balaban J connectivity index is 1.16. The zero-order chi connectivity index (χ0) is 29.5. The summed E-state index contributed by atoms with van der Waals surface area (Å²) in [6.45, 7) is 4.38. The molecule has 2 amide bonds. The number of urea groups is 1. The van der Waals surface area contributed by atoms with E-state index in [1.165, 1.54) is 6.26 Å². The molecule has 0 aliphatic carbocycles. The van der Waals surface area contributed by atoms with Crippen LogP contribution in [0.2, 0.25) is 0 Å². The lowest BCUT2D eigenvalue weighted by molar-refractivity contribution is 0.199. The van der Waals surface area contributed by atoms with Gasteiger partial charge < -0.3 is 10.1 Å². The van der Waals surface area contributed by atoms with Gasteiger partial charge in [-0.15, -0.1) is 0 Å². The molecule has 0 atom stereocenters. The maximum Gasteiger partial charge on any atom is 0.326 e. The number of ether oxygens (including phenoxy) is 1. The number of likely N-dealkylation sites (tertiary alicyclic amines) is 1. The monoisotopic (exact) mass is 585 g/mol. The van der Waals surface area contributed by atoms with Crippen molar-refractivity contribution in [1.29, 1.82) is 0 Å². The van der Waals surface area contributed by atoms with Gasteiger partial charge in [-0.3, -0.25) is 14.8 Å². The second-order valence-corrected chi connectivity index (χ2v) is 12.8. The summed E-state index contributed by atoms with van der Waals surface area (Å²) in [5.74, 6) is 1.07. The highest BCUT2D eigenvalue weighted by Crippen LogP contribution is 2.26. The van der Waals surface area contributed by atoms with Crippen LogP contribution in [0.1, 0.15) is 29.7 Å². The topological polar surface area (TPSA) is 105 Å². The fraction of sp³-hybridized carbons (Fsp3) is 0.281. The van der Waals surface area contributed by atoms with E-state index in [1.807, 2.05) is 72.6 Å². The number of anilines is 2. The van der Waals surface area contributed by atoms with Crippen LogP contribution >= 0.6 is 0 Å². The largest absolute Gasteiger partial charge is 0.439 e. The highest BCUT2D eigenvalue weighted by Gasteiger charge is 2.29. The standard InChI is InChI=1S/C32H35N5O4S/c1-24-8-12-27(21-33-24)35-32(38)37(28-6-4-3-5-7-28)29-16-18-36(19-17-29)22-26-11-15-31(34-20-26)41-30-13-9-25(10-14-30)23-42(2,39)40/h3-15,20-21,29H,16-19,22-23H2,1-2H3,(H,35,38). The van der Waals surface area contributed by atoms with Gasteiger partial charge in [0.15, 0.2) is 9.84 Å². The van der Waals surface area contributed by atoms with Gasteiger partial charge in [0.25, 0.3) is 0 Å². The van der Waals surface area contributed by atoms with E-state index in [9.17, 15) is 13.2 Å². The Bertz CT molecular complexity index is 1570. The number of carbonyl (C=O) groups excluding carboxylic acids is 1. The summed E-state index contributed by atoms with van der Waals surface area (Å²) in [4.78, 5) is 26.4. The number of hydrogen-bond acceptors (Lipinski definition) is 7. The first kappa shape index (κ1) is 29.2. The van der Waals surface area contributed by atoms with Crippen molar-refractivity contribution in [2.24, 2.45) is 0 Å². The van der Waals surface area contributed by atoms with Crippen molar-refractivity contribution in [1.82, 2.24) is 14.9 Å². The number of benzene rings is 2. The average Bonchev–Trinajstić information content (AvgIpc) is 2.97. The number of carbonyl (C=O) groups is 1. The van der Waals surface area contributed by atoms with E-state index in [2.05, 4.69) is 20.2 Å². The van der Waals surface area contributed by atoms with Gasteiger partial charge >= 0.3 is 6.03 Å². The lowest BCUT2D eigenvalue weighted by Gasteiger charge is -2.38. The minimum atomic E-state index is -3.08. The normalized spacial score (nSPS) is 14.3. The molecular formula is C32H35N5O4S. The molecule has 3 heterocycles. The Labute approximate surface area is 247 Å². The Morgan fingerprint density at radius 1 is 0.929 bits per heavy atom. The van der Waals surface area contributed by atoms with Gasteiger partial charge in [-0.25, -0.2) is 18.2 Å². The molecule has 1 aliphatic rings. The molecule has 218 valence electrons. The van der Waals surface area contributed by atoms with E-state index in [0.29, 0.717) is 22.9 Å². The minimum absolute atomic E-state index is 0.0000992. The number of pyridine rings is 2. The number of sulfone groups is 1. The molecule has 2 aromatic carbocycles. The van der Waals surface area contributed by atoms with Crippen LogP contribution < -0.4 is 15.0 Å². The molecule has 1 aliphatic heterocycles. The number of aryl methyl sites for hydroxylation is 1. The maximum atomic E-state index is 13.4. The second kappa shape index (κ2) is 13.1. The van der Waals surface area contributed by atoms with Gasteiger partial charge in [0.1, 0.15) is 5.75 Å². The van der Waals surface area contributed by atoms with Gasteiger partial charge in [0.05, 0.1) is 17.6 Å². The summed E-state index contributed by atoms with van der Waals surface area (Å²) in [6.07, 6.45) is 6.41. The molecule has 0 saturated carbocycles. The van der Waals surface area contributed by atoms with Crippen molar-refractivity contribution in [2.45, 2.75) is 38.1 Å². The molecule has 42 heavy (non-hydrogen) atoms. The van der Waals surface area contributed by atoms with Crippen LogP contribution in [0.25, 0.3) is 0 Å². The minimum Gasteiger partial charge on any atom is -0.439 e. The van der Waals surface area contributed by atoms with Crippen molar-refractivity contribution in [3.63, 3.8) is 0 Å². The van der Waals surface area contributed by atoms with Crippen LogP contribution in [0.15, 0.2) is 91.3 Å². The summed E-state index contributed by atoms with van der Waals surface area (Å²) in [7, 11) is -3.08. The Morgan fingerprint density at radius 3 is 2.26 bits per heavy atom. The lowest BCUT2D eigenvalue weighted by atomic mass is 10.0. The first-order valence-corrected chi connectivity index (χ1v) is 16.0. The molecule has 5 rings (SSSR count). The molecule has 1 saturated heterocycles. The number of aromatic nitrogens is 2. The van der Waals surface area contributed by atoms with E-state index in [4.69, 9.17) is 4.74 Å². The average molecular weight is 586 g/mol. The Morgan fingerprint density at radius 2 is 1.64 bits per heavy atom. The Hall–Kier alpha value is -4.28. The molecule has 0 radical (unpaired) electrons. The summed E-state index contributed by atoms with van der Waals surface area (Å²) in [5.41, 5.74) is 4.24. The third-order valence-corrected chi connectivity index (χ3v) is 7.97. The number of rotatable bonds is 9. The van der Waals surface area contributed by atoms with E-state index >= 15 is 0 Å². The SMILES string of the molecule is Cc1ccc(NC(=O)N(c2ccccc2)C2CCN(Cc3ccc(Oc4ccc(CS(C)(=O)=O)cc4)nc3)CC2)cn1. The van der Waals surface area contributed by atoms with Gasteiger partial charge in [0.2, 0.25) is 5.88 Å². The number of nitrogens with zero attached hydrogens (tertiary/aromatic N) is 4. The first-order valence-electron chi connectivity index (χ1n) is 13.9. The van der Waals surface area contributed by atoms with Gasteiger partial charge in [-0.1, -0.05) is 36.4 Å². The van der Waals surface area contributed by atoms with Gasteiger partial charge in [-0.05, 0) is 67.3 Å². The molecule has 10 heteroatoms. The molecule has 1 N–H and O–H groups in total. The predicted octanol–water partition coefficient (Wildman–Crippen LogP) is 5.83. The van der Waals surface area contributed by atoms with Crippen LogP contribution in [0.3, 0.4) is 0 Å². The number of amides is 2. The highest BCUT2D eigenvalue weighted by atomic mass is 32.2. The van der Waals surface area contributed by atoms with Crippen molar-refractivity contribution in [3.8, 4) is 11.6 Å². The number of piperidine rings is 1. The van der Waals surface area contributed by atoms with E-state index in [-0.39, 0.29) is 17.8 Å². The summed E-state index contributed by atoms with van der Waals surface area (Å²) in [6, 6.07) is 24.3. The molecular weight excluding hydrogens is 550 g/mol. The molecule has 0 unspecified atom stereocenters. The van der Waals surface area contributed by atoms with Crippen LogP contribution in [-0.2, 0) is 22.1 Å². The fourth-order valence-electron chi connectivity index (χ4n) is 5.04. The predicted molar refractivity (Wildman–Crippen MR) is 165 cm³/mol. The third kappa shape index (κ3) is 8.14. The number of nitrogens with one attached hydrogen (secondary N) is 1. The van der Waals surface area contributed by atoms with Crippen molar-refractivity contribution < 1.29 is 17.9 Å². The summed E-state index contributed by atoms with van der Waals surface area (Å²) >= 11 is 0.